The van der Waals surface area contributed by atoms with Gasteiger partial charge in [0, 0.05) is 10.8 Å². The zero-order chi connectivity index (χ0) is 8.72. The van der Waals surface area contributed by atoms with Gasteiger partial charge in [-0.05, 0) is 6.92 Å². The molecule has 0 saturated heterocycles. The van der Waals surface area contributed by atoms with E-state index in [4.69, 9.17) is 11.6 Å². The minimum atomic E-state index is 0.494. The molecule has 62 valence electrons. The lowest BCUT2D eigenvalue weighted by Crippen LogP contribution is -1.92. The molecule has 2 heterocycles. The summed E-state index contributed by atoms with van der Waals surface area (Å²) in [6.07, 6.45) is 0. The molecule has 0 unspecified atom stereocenters. The maximum atomic E-state index is 5.82. The summed E-state index contributed by atoms with van der Waals surface area (Å²) in [5, 5.41) is 4.51. The molecule has 2 aromatic heterocycles. The molecule has 0 aliphatic heterocycles. The van der Waals surface area contributed by atoms with Gasteiger partial charge >= 0.3 is 0 Å². The van der Waals surface area contributed by atoms with Gasteiger partial charge in [-0.1, -0.05) is 18.2 Å². The summed E-state index contributed by atoms with van der Waals surface area (Å²) in [7, 11) is 0. The van der Waals surface area contributed by atoms with Gasteiger partial charge in [0.15, 0.2) is 0 Å². The number of hydrogen-bond acceptors (Lipinski definition) is 2. The van der Waals surface area contributed by atoms with Crippen LogP contribution in [0.3, 0.4) is 0 Å². The van der Waals surface area contributed by atoms with Gasteiger partial charge in [-0.15, -0.1) is 11.3 Å². The van der Waals surface area contributed by atoms with Crippen molar-refractivity contribution in [2.45, 2.75) is 6.92 Å². The first-order valence-electron chi connectivity index (χ1n) is 3.46. The number of aryl methyl sites for hydroxylation is 1. The average molecular weight is 199 g/mol. The first kappa shape index (κ1) is 7.83. The molecule has 0 bridgehead atoms. The van der Waals surface area contributed by atoms with Crippen LogP contribution < -0.4 is 0 Å². The lowest BCUT2D eigenvalue weighted by molar-refractivity contribution is 1.05. The van der Waals surface area contributed by atoms with Crippen molar-refractivity contribution in [1.82, 2.24) is 9.55 Å². The van der Waals surface area contributed by atoms with Crippen molar-refractivity contribution >= 4 is 39.1 Å². The highest BCUT2D eigenvalue weighted by atomic mass is 35.5. The van der Waals surface area contributed by atoms with Crippen molar-refractivity contribution in [2.75, 3.05) is 0 Å². The predicted octanol–water partition coefficient (Wildman–Crippen LogP) is 3.07. The fraction of sp³-hybridized carbons (Fsp3) is 0.125. The fourth-order valence-corrected chi connectivity index (χ4v) is 2.18. The SMILES string of the molecule is C=C(Cl)n1c(C)nc2cscc21. The number of thiophene rings is 1. The molecule has 2 nitrogen and oxygen atoms in total. The lowest BCUT2D eigenvalue weighted by Gasteiger charge is -2.00. The average Bonchev–Trinajstić information content (AvgIpc) is 2.44. The van der Waals surface area contributed by atoms with E-state index in [2.05, 4.69) is 11.6 Å². The molecule has 2 rings (SSSR count). The molecule has 0 N–H and O–H groups in total. The Balaban J connectivity index is 2.84. The Bertz CT molecular complexity index is 441. The monoisotopic (exact) mass is 198 g/mol. The van der Waals surface area contributed by atoms with Gasteiger partial charge in [-0.25, -0.2) is 4.98 Å². The molecule has 0 aliphatic rings. The minimum Gasteiger partial charge on any atom is -0.286 e. The predicted molar refractivity (Wildman–Crippen MR) is 53.5 cm³/mol. The van der Waals surface area contributed by atoms with Gasteiger partial charge in [0.25, 0.3) is 0 Å². The van der Waals surface area contributed by atoms with E-state index in [1.54, 1.807) is 11.3 Å². The van der Waals surface area contributed by atoms with Crippen molar-refractivity contribution in [2.24, 2.45) is 0 Å². The summed E-state index contributed by atoms with van der Waals surface area (Å²) in [5.74, 6) is 0.882. The second-order valence-electron chi connectivity index (χ2n) is 2.51. The van der Waals surface area contributed by atoms with E-state index in [1.165, 1.54) is 0 Å². The molecule has 0 fully saturated rings. The highest BCUT2D eigenvalue weighted by Gasteiger charge is 2.08. The molecule has 0 saturated carbocycles. The largest absolute Gasteiger partial charge is 0.286 e. The molecule has 0 radical (unpaired) electrons. The summed E-state index contributed by atoms with van der Waals surface area (Å²) >= 11 is 7.44. The molecule has 12 heavy (non-hydrogen) atoms. The second kappa shape index (κ2) is 2.61. The lowest BCUT2D eigenvalue weighted by atomic mass is 10.5. The smallest absolute Gasteiger partial charge is 0.112 e. The van der Waals surface area contributed by atoms with Gasteiger partial charge in [0.1, 0.15) is 11.0 Å². The van der Waals surface area contributed by atoms with Gasteiger partial charge in [-0.2, -0.15) is 0 Å². The Hall–Kier alpha value is -0.800. The van der Waals surface area contributed by atoms with E-state index in [0.29, 0.717) is 5.16 Å². The fourth-order valence-electron chi connectivity index (χ4n) is 1.24. The third-order valence-electron chi connectivity index (χ3n) is 1.71. The summed E-state index contributed by atoms with van der Waals surface area (Å²) < 4.78 is 1.84. The maximum absolute atomic E-state index is 5.82. The standard InChI is InChI=1S/C8H7ClN2S/c1-5(9)11-6(2)10-7-3-12-4-8(7)11/h3-4H,1H2,2H3. The Kier molecular flexibility index (Phi) is 1.70. The van der Waals surface area contributed by atoms with Crippen LogP contribution >= 0.6 is 22.9 Å². The molecule has 4 heteroatoms. The van der Waals surface area contributed by atoms with Crippen LogP contribution in [0.4, 0.5) is 0 Å². The third-order valence-corrected chi connectivity index (χ3v) is 2.60. The Labute approximate surface area is 79.1 Å². The number of hydrogen-bond donors (Lipinski definition) is 0. The van der Waals surface area contributed by atoms with Crippen molar-refractivity contribution < 1.29 is 0 Å². The minimum absolute atomic E-state index is 0.494. The van der Waals surface area contributed by atoms with Crippen LogP contribution in [-0.4, -0.2) is 9.55 Å². The third kappa shape index (κ3) is 0.974. The molecule has 0 amide bonds. The molecule has 0 atom stereocenters. The van der Waals surface area contributed by atoms with Gasteiger partial charge in [0.2, 0.25) is 0 Å². The van der Waals surface area contributed by atoms with Gasteiger partial charge in [-0.3, -0.25) is 4.57 Å². The van der Waals surface area contributed by atoms with E-state index in [9.17, 15) is 0 Å². The van der Waals surface area contributed by atoms with Crippen LogP contribution in [0.1, 0.15) is 5.82 Å². The molecular formula is C8H7ClN2S. The summed E-state index contributed by atoms with van der Waals surface area (Å²) in [6.45, 7) is 5.60. The van der Waals surface area contributed by atoms with E-state index < -0.39 is 0 Å². The number of aromatic nitrogens is 2. The van der Waals surface area contributed by atoms with E-state index in [0.717, 1.165) is 16.9 Å². The molecule has 2 aromatic rings. The number of rotatable bonds is 1. The van der Waals surface area contributed by atoms with Crippen LogP contribution in [0.2, 0.25) is 0 Å². The normalized spacial score (nSPS) is 10.8. The van der Waals surface area contributed by atoms with Crippen LogP contribution in [0, 0.1) is 6.92 Å². The number of halogens is 1. The van der Waals surface area contributed by atoms with Crippen LogP contribution in [0.5, 0.6) is 0 Å². The van der Waals surface area contributed by atoms with Crippen LogP contribution in [-0.2, 0) is 0 Å². The first-order valence-corrected chi connectivity index (χ1v) is 4.78. The maximum Gasteiger partial charge on any atom is 0.112 e. The zero-order valence-electron chi connectivity index (χ0n) is 6.54. The quantitative estimate of drug-likeness (QED) is 0.689. The van der Waals surface area contributed by atoms with E-state index in [1.807, 2.05) is 22.3 Å². The van der Waals surface area contributed by atoms with E-state index >= 15 is 0 Å². The Morgan fingerprint density at radius 1 is 1.67 bits per heavy atom. The Morgan fingerprint density at radius 3 is 3.08 bits per heavy atom. The Morgan fingerprint density at radius 2 is 2.42 bits per heavy atom. The zero-order valence-corrected chi connectivity index (χ0v) is 8.11. The number of fused-ring (bicyclic) bond motifs is 1. The summed E-state index contributed by atoms with van der Waals surface area (Å²) in [6, 6.07) is 0. The highest BCUT2D eigenvalue weighted by molar-refractivity contribution is 7.09. The first-order chi connectivity index (χ1) is 5.70. The number of imidazole rings is 1. The van der Waals surface area contributed by atoms with Crippen LogP contribution in [0.25, 0.3) is 16.2 Å². The second-order valence-corrected chi connectivity index (χ2v) is 3.69. The van der Waals surface area contributed by atoms with Crippen molar-refractivity contribution in [3.8, 4) is 0 Å². The highest BCUT2D eigenvalue weighted by Crippen LogP contribution is 2.24. The summed E-state index contributed by atoms with van der Waals surface area (Å²) in [4.78, 5) is 4.32. The van der Waals surface area contributed by atoms with Crippen molar-refractivity contribution in [1.29, 1.82) is 0 Å². The number of nitrogens with zero attached hydrogens (tertiary/aromatic N) is 2. The van der Waals surface area contributed by atoms with E-state index in [-0.39, 0.29) is 0 Å². The molecule has 0 aromatic carbocycles. The molecule has 0 spiro atoms. The van der Waals surface area contributed by atoms with Gasteiger partial charge in [0.05, 0.1) is 11.0 Å². The van der Waals surface area contributed by atoms with Gasteiger partial charge < -0.3 is 0 Å². The molecular weight excluding hydrogens is 192 g/mol. The topological polar surface area (TPSA) is 17.8 Å². The van der Waals surface area contributed by atoms with Crippen molar-refractivity contribution in [3.63, 3.8) is 0 Å². The van der Waals surface area contributed by atoms with Crippen molar-refractivity contribution in [3.05, 3.63) is 23.2 Å². The molecule has 0 aliphatic carbocycles. The summed E-state index contributed by atoms with van der Waals surface area (Å²) in [5.41, 5.74) is 2.02. The van der Waals surface area contributed by atoms with Crippen LogP contribution in [0.15, 0.2) is 17.3 Å².